The number of anilines is 1. The SMILES string of the molecule is COCC(=O)NCC1OC(CO)C(O)C1N1CCN(c2ccc(F)cc2)CC1. The van der Waals surface area contributed by atoms with Gasteiger partial charge in [0.05, 0.1) is 18.8 Å². The van der Waals surface area contributed by atoms with Crippen molar-refractivity contribution in [1.82, 2.24) is 10.2 Å². The molecule has 8 nitrogen and oxygen atoms in total. The van der Waals surface area contributed by atoms with Crippen LogP contribution in [-0.2, 0) is 14.3 Å². The van der Waals surface area contributed by atoms with E-state index in [0.717, 1.165) is 18.8 Å². The monoisotopic (exact) mass is 397 g/mol. The molecule has 2 aliphatic heterocycles. The van der Waals surface area contributed by atoms with Crippen LogP contribution in [0.4, 0.5) is 10.1 Å². The summed E-state index contributed by atoms with van der Waals surface area (Å²) in [5, 5.41) is 22.9. The summed E-state index contributed by atoms with van der Waals surface area (Å²) < 4.78 is 23.7. The summed E-state index contributed by atoms with van der Waals surface area (Å²) in [4.78, 5) is 16.0. The normalized spacial score (nSPS) is 28.5. The van der Waals surface area contributed by atoms with E-state index in [1.807, 2.05) is 0 Å². The van der Waals surface area contributed by atoms with Gasteiger partial charge in [0, 0.05) is 45.5 Å². The number of ether oxygens (including phenoxy) is 2. The molecule has 0 spiro atoms. The van der Waals surface area contributed by atoms with Gasteiger partial charge in [-0.25, -0.2) is 4.39 Å². The number of halogens is 1. The predicted octanol–water partition coefficient (Wildman–Crippen LogP) is -0.800. The van der Waals surface area contributed by atoms with E-state index >= 15 is 0 Å². The Morgan fingerprint density at radius 3 is 2.54 bits per heavy atom. The minimum Gasteiger partial charge on any atom is -0.394 e. The van der Waals surface area contributed by atoms with Crippen molar-refractivity contribution in [2.45, 2.75) is 24.4 Å². The molecule has 0 aromatic heterocycles. The Morgan fingerprint density at radius 2 is 1.93 bits per heavy atom. The van der Waals surface area contributed by atoms with Gasteiger partial charge in [0.15, 0.2) is 0 Å². The van der Waals surface area contributed by atoms with Gasteiger partial charge in [0.1, 0.15) is 24.6 Å². The van der Waals surface area contributed by atoms with Crippen LogP contribution in [0.5, 0.6) is 0 Å². The summed E-state index contributed by atoms with van der Waals surface area (Å²) in [5.74, 6) is -0.519. The van der Waals surface area contributed by atoms with E-state index in [1.54, 1.807) is 12.1 Å². The third kappa shape index (κ3) is 4.79. The van der Waals surface area contributed by atoms with Crippen LogP contribution in [0.15, 0.2) is 24.3 Å². The van der Waals surface area contributed by atoms with E-state index < -0.39 is 18.3 Å². The third-order valence-electron chi connectivity index (χ3n) is 5.34. The fraction of sp³-hybridized carbons (Fsp3) is 0.632. The minimum atomic E-state index is -0.841. The molecule has 0 bridgehead atoms. The molecule has 1 aromatic rings. The van der Waals surface area contributed by atoms with Crippen LogP contribution in [-0.4, -0.2) is 98.4 Å². The smallest absolute Gasteiger partial charge is 0.246 e. The molecule has 28 heavy (non-hydrogen) atoms. The number of carbonyl (C=O) groups excluding carboxylic acids is 1. The molecule has 3 rings (SSSR count). The molecule has 3 N–H and O–H groups in total. The third-order valence-corrected chi connectivity index (χ3v) is 5.34. The van der Waals surface area contributed by atoms with Gasteiger partial charge in [-0.3, -0.25) is 9.69 Å². The van der Waals surface area contributed by atoms with E-state index in [1.165, 1.54) is 19.2 Å². The average Bonchev–Trinajstić information content (AvgIpc) is 3.03. The van der Waals surface area contributed by atoms with E-state index in [9.17, 15) is 19.4 Å². The number of carbonyl (C=O) groups is 1. The first-order valence-electron chi connectivity index (χ1n) is 9.48. The number of piperazine rings is 1. The molecule has 4 atom stereocenters. The summed E-state index contributed by atoms with van der Waals surface area (Å²) in [6, 6.07) is 6.08. The minimum absolute atomic E-state index is 0.0420. The van der Waals surface area contributed by atoms with Crippen LogP contribution in [0.3, 0.4) is 0 Å². The Labute approximate surface area is 163 Å². The maximum absolute atomic E-state index is 13.1. The first kappa shape index (κ1) is 20.9. The lowest BCUT2D eigenvalue weighted by Gasteiger charge is -2.41. The number of methoxy groups -OCH3 is 1. The molecule has 4 unspecified atom stereocenters. The van der Waals surface area contributed by atoms with Gasteiger partial charge in [-0.1, -0.05) is 0 Å². The molecule has 0 saturated carbocycles. The molecule has 1 amide bonds. The number of rotatable bonds is 7. The van der Waals surface area contributed by atoms with Crippen molar-refractivity contribution in [1.29, 1.82) is 0 Å². The number of hydrogen-bond acceptors (Lipinski definition) is 7. The summed E-state index contributed by atoms with van der Waals surface area (Å²) in [5.41, 5.74) is 0.959. The molecule has 2 aliphatic rings. The molecule has 9 heteroatoms. The van der Waals surface area contributed by atoms with Crippen LogP contribution in [0.2, 0.25) is 0 Å². The number of nitrogens with zero attached hydrogens (tertiary/aromatic N) is 2. The van der Waals surface area contributed by atoms with Crippen molar-refractivity contribution in [2.75, 3.05) is 57.9 Å². The van der Waals surface area contributed by atoms with Crippen molar-refractivity contribution in [3.63, 3.8) is 0 Å². The van der Waals surface area contributed by atoms with Crippen molar-refractivity contribution < 1.29 is 28.9 Å². The van der Waals surface area contributed by atoms with Crippen LogP contribution in [0.25, 0.3) is 0 Å². The predicted molar refractivity (Wildman–Crippen MR) is 101 cm³/mol. The highest BCUT2D eigenvalue weighted by Crippen LogP contribution is 2.27. The number of amides is 1. The quantitative estimate of drug-likeness (QED) is 0.555. The zero-order valence-electron chi connectivity index (χ0n) is 16.0. The average molecular weight is 397 g/mol. The molecule has 2 fully saturated rings. The Balaban J connectivity index is 1.61. The first-order valence-corrected chi connectivity index (χ1v) is 9.48. The van der Waals surface area contributed by atoms with Gasteiger partial charge < -0.3 is 29.9 Å². The second kappa shape index (κ2) is 9.62. The topological polar surface area (TPSA) is 94.5 Å². The summed E-state index contributed by atoms with van der Waals surface area (Å²) >= 11 is 0. The Bertz CT molecular complexity index is 639. The van der Waals surface area contributed by atoms with Gasteiger partial charge in [-0.05, 0) is 24.3 Å². The van der Waals surface area contributed by atoms with Crippen LogP contribution in [0, 0.1) is 5.82 Å². The molecule has 2 saturated heterocycles. The van der Waals surface area contributed by atoms with Crippen LogP contribution in [0.1, 0.15) is 0 Å². The number of aliphatic hydroxyl groups is 2. The summed E-state index contributed by atoms with van der Waals surface area (Å²) in [7, 11) is 1.45. The van der Waals surface area contributed by atoms with Crippen LogP contribution >= 0.6 is 0 Å². The summed E-state index contributed by atoms with van der Waals surface area (Å²) in [6.07, 6.45) is -1.94. The number of benzene rings is 1. The Morgan fingerprint density at radius 1 is 1.25 bits per heavy atom. The van der Waals surface area contributed by atoms with Crippen molar-refractivity contribution in [2.24, 2.45) is 0 Å². The number of aliphatic hydroxyl groups excluding tert-OH is 2. The zero-order chi connectivity index (χ0) is 20.1. The molecule has 156 valence electrons. The Hall–Kier alpha value is -1.78. The van der Waals surface area contributed by atoms with Crippen molar-refractivity contribution >= 4 is 11.6 Å². The van der Waals surface area contributed by atoms with Gasteiger partial charge in [-0.15, -0.1) is 0 Å². The maximum Gasteiger partial charge on any atom is 0.246 e. The lowest BCUT2D eigenvalue weighted by atomic mass is 10.0. The molecule has 1 aromatic carbocycles. The second-order valence-electron chi connectivity index (χ2n) is 7.11. The summed E-state index contributed by atoms with van der Waals surface area (Å²) in [6.45, 7) is 2.73. The number of nitrogens with one attached hydrogen (secondary N) is 1. The lowest BCUT2D eigenvalue weighted by Crippen LogP contribution is -2.57. The van der Waals surface area contributed by atoms with Gasteiger partial charge in [-0.2, -0.15) is 0 Å². The van der Waals surface area contributed by atoms with Gasteiger partial charge in [0.25, 0.3) is 0 Å². The largest absolute Gasteiger partial charge is 0.394 e. The van der Waals surface area contributed by atoms with E-state index in [-0.39, 0.29) is 37.5 Å². The van der Waals surface area contributed by atoms with E-state index in [2.05, 4.69) is 15.1 Å². The molecular weight excluding hydrogens is 369 g/mol. The highest BCUT2D eigenvalue weighted by atomic mass is 19.1. The highest BCUT2D eigenvalue weighted by molar-refractivity contribution is 5.77. The van der Waals surface area contributed by atoms with Crippen molar-refractivity contribution in [3.05, 3.63) is 30.1 Å². The molecule has 2 heterocycles. The van der Waals surface area contributed by atoms with Crippen molar-refractivity contribution in [3.8, 4) is 0 Å². The Kier molecular flexibility index (Phi) is 7.19. The highest BCUT2D eigenvalue weighted by Gasteiger charge is 2.46. The maximum atomic E-state index is 13.1. The fourth-order valence-corrected chi connectivity index (χ4v) is 3.92. The zero-order valence-corrected chi connectivity index (χ0v) is 16.0. The van der Waals surface area contributed by atoms with E-state index in [0.29, 0.717) is 13.1 Å². The van der Waals surface area contributed by atoms with Crippen LogP contribution < -0.4 is 10.2 Å². The van der Waals surface area contributed by atoms with Gasteiger partial charge >= 0.3 is 0 Å². The number of hydrogen-bond donors (Lipinski definition) is 3. The first-order chi connectivity index (χ1) is 13.5. The fourth-order valence-electron chi connectivity index (χ4n) is 3.92. The standard InChI is InChI=1S/C19H28FN3O5/c1-27-12-17(25)21-10-15-18(19(26)16(11-24)28-15)23-8-6-22(7-9-23)14-4-2-13(20)3-5-14/h2-5,15-16,18-19,24,26H,6-12H2,1H3,(H,21,25). The molecular formula is C19H28FN3O5. The van der Waals surface area contributed by atoms with E-state index in [4.69, 9.17) is 9.47 Å². The molecule has 0 aliphatic carbocycles. The van der Waals surface area contributed by atoms with Gasteiger partial charge in [0.2, 0.25) is 5.91 Å². The molecule has 0 radical (unpaired) electrons. The lowest BCUT2D eigenvalue weighted by molar-refractivity contribution is -0.125. The second-order valence-corrected chi connectivity index (χ2v) is 7.11.